The lowest BCUT2D eigenvalue weighted by Crippen LogP contribution is -2.52. The topological polar surface area (TPSA) is 162 Å². The number of likely N-dealkylation sites (tertiary alicyclic amines) is 1. The Morgan fingerprint density at radius 2 is 1.34 bits per heavy atom. The highest BCUT2D eigenvalue weighted by atomic mass is 35.5. The number of aromatic nitrogens is 2. The molecule has 2 aliphatic carbocycles. The Hall–Kier alpha value is -3.70. The molecule has 0 radical (unpaired) electrons. The summed E-state index contributed by atoms with van der Waals surface area (Å²) in [7, 11) is 3.84. The van der Waals surface area contributed by atoms with Gasteiger partial charge >= 0.3 is 12.1 Å². The van der Waals surface area contributed by atoms with Crippen LogP contribution in [0.2, 0.25) is 10.0 Å². The van der Waals surface area contributed by atoms with Gasteiger partial charge in [0.25, 0.3) is 0 Å². The van der Waals surface area contributed by atoms with E-state index in [1.165, 1.54) is 12.8 Å². The van der Waals surface area contributed by atoms with Crippen molar-refractivity contribution in [1.29, 1.82) is 0 Å². The predicted octanol–water partition coefficient (Wildman–Crippen LogP) is 7.54. The van der Waals surface area contributed by atoms with Crippen LogP contribution in [0.4, 0.5) is 21.0 Å². The summed E-state index contributed by atoms with van der Waals surface area (Å²) in [5.41, 5.74) is 5.39. The molecule has 4 aromatic rings. The number of amides is 4. The molecular formula is C42H55Cl2N9O6. The fourth-order valence-corrected chi connectivity index (χ4v) is 10.6. The molecule has 2 saturated carbocycles. The van der Waals surface area contributed by atoms with E-state index in [0.717, 1.165) is 144 Å². The summed E-state index contributed by atoms with van der Waals surface area (Å²) in [6.45, 7) is 8.66. The third-order valence-corrected chi connectivity index (χ3v) is 13.7. The van der Waals surface area contributed by atoms with Crippen molar-refractivity contribution in [3.05, 3.63) is 45.1 Å². The van der Waals surface area contributed by atoms with Gasteiger partial charge in [0.2, 0.25) is 11.8 Å². The van der Waals surface area contributed by atoms with Crippen molar-refractivity contribution >= 4 is 68.8 Å². The number of nitrogens with zero attached hydrogens (tertiary/aromatic N) is 5. The number of benzene rings is 2. The maximum Gasteiger partial charge on any atom is 0.319 e. The number of fused-ring (bicyclic) bond motifs is 8. The third-order valence-electron chi connectivity index (χ3n) is 13.1. The average Bonchev–Trinajstić information content (AvgIpc) is 3.96. The first-order valence-electron chi connectivity index (χ1n) is 21.3. The van der Waals surface area contributed by atoms with E-state index in [1.54, 1.807) is 19.2 Å². The number of carbonyl (C=O) groups excluding carboxylic acids is 2. The van der Waals surface area contributed by atoms with Gasteiger partial charge in [0.15, 0.2) is 11.2 Å². The Bertz CT molecular complexity index is 2190. The highest BCUT2D eigenvalue weighted by Gasteiger charge is 2.45. The highest BCUT2D eigenvalue weighted by molar-refractivity contribution is 6.35. The number of likely N-dealkylation sites (N-methyl/N-ethyl adjacent to an activating group) is 1. The van der Waals surface area contributed by atoms with E-state index in [2.05, 4.69) is 43.0 Å². The van der Waals surface area contributed by atoms with Crippen LogP contribution in [0.1, 0.15) is 93.5 Å². The maximum atomic E-state index is 12.4. The lowest BCUT2D eigenvalue weighted by Gasteiger charge is -2.42. The monoisotopic (exact) mass is 851 g/mol. The summed E-state index contributed by atoms with van der Waals surface area (Å²) in [5.74, 6) is 1.35. The summed E-state index contributed by atoms with van der Waals surface area (Å²) in [6, 6.07) is 3.21. The highest BCUT2D eigenvalue weighted by Crippen LogP contribution is 2.50. The van der Waals surface area contributed by atoms with Crippen molar-refractivity contribution in [3.8, 4) is 0 Å². The number of nitrogens with one attached hydrogen (secondary N) is 4. The second-order valence-electron chi connectivity index (χ2n) is 17.1. The summed E-state index contributed by atoms with van der Waals surface area (Å²) in [5, 5.41) is 13.2. The molecule has 59 heavy (non-hydrogen) atoms. The first-order chi connectivity index (χ1) is 28.6. The number of urea groups is 2. The molecule has 4 aliphatic heterocycles. The van der Waals surface area contributed by atoms with Gasteiger partial charge in [0, 0.05) is 57.5 Å². The fraction of sp³-hybridized carbons (Fsp3) is 0.619. The smallest absolute Gasteiger partial charge is 0.319 e. The van der Waals surface area contributed by atoms with E-state index in [9.17, 15) is 9.59 Å². The largest absolute Gasteiger partial charge is 0.439 e. The second kappa shape index (κ2) is 17.0. The third kappa shape index (κ3) is 8.23. The molecule has 2 aromatic carbocycles. The fourth-order valence-electron chi connectivity index (χ4n) is 10.1. The first kappa shape index (κ1) is 40.7. The molecule has 2 spiro atoms. The van der Waals surface area contributed by atoms with Crippen molar-refractivity contribution in [3.63, 3.8) is 0 Å². The second-order valence-corrected chi connectivity index (χ2v) is 18.0. The summed E-state index contributed by atoms with van der Waals surface area (Å²) in [6.07, 6.45) is 11.5. The number of morpholine rings is 1. The zero-order valence-electron chi connectivity index (χ0n) is 34.0. The van der Waals surface area contributed by atoms with E-state index in [0.29, 0.717) is 46.3 Å². The molecule has 2 saturated heterocycles. The zero-order chi connectivity index (χ0) is 40.7. The molecule has 4 fully saturated rings. The van der Waals surface area contributed by atoms with Gasteiger partial charge < -0.3 is 39.6 Å². The van der Waals surface area contributed by atoms with Gasteiger partial charge in [-0.05, 0) is 51.3 Å². The molecule has 2 aromatic heterocycles. The Kier molecular flexibility index (Phi) is 11.7. The number of hydrogen-bond acceptors (Lipinski definition) is 11. The Morgan fingerprint density at radius 1 is 0.797 bits per heavy atom. The van der Waals surface area contributed by atoms with Crippen molar-refractivity contribution in [2.75, 3.05) is 77.3 Å². The van der Waals surface area contributed by atoms with Gasteiger partial charge in [-0.15, -0.1) is 0 Å². The van der Waals surface area contributed by atoms with Gasteiger partial charge in [-0.1, -0.05) is 61.7 Å². The van der Waals surface area contributed by atoms with E-state index >= 15 is 0 Å². The van der Waals surface area contributed by atoms with Gasteiger partial charge in [-0.25, -0.2) is 19.6 Å². The molecule has 6 heterocycles. The van der Waals surface area contributed by atoms with E-state index in [4.69, 9.17) is 51.5 Å². The molecule has 17 heteroatoms. The summed E-state index contributed by atoms with van der Waals surface area (Å²) in [4.78, 5) is 41.1. The minimum absolute atomic E-state index is 0.196. The SMILES string of the molecule is CN(CCN1CCOCC1)Cc1nc2cc(Cl)c3c(c2o1)C1(CCCCC1)NC(=O)N3.COC1CCN(Cc2nc3cc(Cl)c4c(c3o2)C2(CCCCC2)NC(=O)N4)C1. The van der Waals surface area contributed by atoms with Gasteiger partial charge in [0.05, 0.1) is 64.9 Å². The standard InChI is InChI=1S/C22H30ClN5O3.C20H25ClN4O3/c1-27(7-8-28-9-11-30-12-10-28)14-17-24-16-13-15(23)19-18(20(16)31-17)22(26-21(29)25-19)5-3-2-4-6-22;1-27-12-5-8-25(10-12)11-15-22-14-9-13(21)17-16(18(14)28-15)20(24-19(26)23-17)6-3-2-4-7-20/h13H,2-12,14H2,1H3,(H2,25,26,29);9,12H,2-8,10-11H2,1H3,(H2,23,24,26). The number of carbonyl (C=O) groups is 2. The first-order valence-corrected chi connectivity index (χ1v) is 22.0. The van der Waals surface area contributed by atoms with E-state index in [-0.39, 0.29) is 18.2 Å². The van der Waals surface area contributed by atoms with Crippen LogP contribution in [0.5, 0.6) is 0 Å². The van der Waals surface area contributed by atoms with Crippen LogP contribution in [0.15, 0.2) is 21.0 Å². The van der Waals surface area contributed by atoms with Gasteiger partial charge in [-0.3, -0.25) is 14.7 Å². The van der Waals surface area contributed by atoms with Crippen LogP contribution in [0.3, 0.4) is 0 Å². The average molecular weight is 853 g/mol. The number of ether oxygens (including phenoxy) is 2. The predicted molar refractivity (Wildman–Crippen MR) is 226 cm³/mol. The molecule has 6 aliphatic rings. The number of oxazole rings is 2. The lowest BCUT2D eigenvalue weighted by molar-refractivity contribution is 0.0339. The molecule has 318 valence electrons. The quantitative estimate of drug-likeness (QED) is 0.139. The lowest BCUT2D eigenvalue weighted by atomic mass is 9.74. The van der Waals surface area contributed by atoms with Gasteiger partial charge in [-0.2, -0.15) is 0 Å². The van der Waals surface area contributed by atoms with E-state index in [1.807, 2.05) is 0 Å². The number of methoxy groups -OCH3 is 1. The van der Waals surface area contributed by atoms with E-state index < -0.39 is 11.1 Å². The van der Waals surface area contributed by atoms with Gasteiger partial charge in [0.1, 0.15) is 11.0 Å². The Labute approximate surface area is 354 Å². The molecule has 0 bridgehead atoms. The number of hydrogen-bond donors (Lipinski definition) is 4. The number of halogens is 2. The van der Waals surface area contributed by atoms with Crippen molar-refractivity contribution in [1.82, 2.24) is 35.3 Å². The molecule has 4 N–H and O–H groups in total. The molecule has 1 unspecified atom stereocenters. The normalized spacial score (nSPS) is 22.8. The molecule has 10 rings (SSSR count). The molecule has 1 atom stereocenters. The van der Waals surface area contributed by atoms with Crippen LogP contribution >= 0.6 is 23.2 Å². The van der Waals surface area contributed by atoms with Crippen LogP contribution < -0.4 is 21.3 Å². The number of anilines is 2. The Balaban J connectivity index is 0.000000153. The van der Waals surface area contributed by atoms with Crippen molar-refractivity contribution in [2.24, 2.45) is 0 Å². The van der Waals surface area contributed by atoms with Crippen molar-refractivity contribution in [2.45, 2.75) is 101 Å². The number of rotatable bonds is 8. The molecule has 4 amide bonds. The summed E-state index contributed by atoms with van der Waals surface area (Å²) < 4.78 is 23.5. The van der Waals surface area contributed by atoms with Crippen LogP contribution in [0.25, 0.3) is 22.2 Å². The Morgan fingerprint density at radius 3 is 1.88 bits per heavy atom. The minimum atomic E-state index is -0.432. The van der Waals surface area contributed by atoms with Crippen LogP contribution in [0, 0.1) is 0 Å². The van der Waals surface area contributed by atoms with Crippen LogP contribution in [-0.4, -0.2) is 109 Å². The maximum absolute atomic E-state index is 12.4. The molecular weight excluding hydrogens is 797 g/mol. The van der Waals surface area contributed by atoms with Crippen LogP contribution in [-0.2, 0) is 33.6 Å². The van der Waals surface area contributed by atoms with Crippen molar-refractivity contribution < 1.29 is 27.9 Å². The molecule has 15 nitrogen and oxygen atoms in total. The minimum Gasteiger partial charge on any atom is -0.439 e. The summed E-state index contributed by atoms with van der Waals surface area (Å²) >= 11 is 13.1. The zero-order valence-corrected chi connectivity index (χ0v) is 35.5.